The van der Waals surface area contributed by atoms with Gasteiger partial charge in [-0.25, -0.2) is 5.06 Å². The molecule has 0 bridgehead atoms. The molecule has 0 unspecified atom stereocenters. The van der Waals surface area contributed by atoms with Crippen LogP contribution in [0, 0.1) is 19.8 Å². The summed E-state index contributed by atoms with van der Waals surface area (Å²) in [5, 5.41) is 5.65. The highest BCUT2D eigenvalue weighted by molar-refractivity contribution is 5.78. The number of aromatic nitrogens is 1. The van der Waals surface area contributed by atoms with Crippen molar-refractivity contribution in [2.75, 3.05) is 26.3 Å². The van der Waals surface area contributed by atoms with E-state index >= 15 is 0 Å². The Labute approximate surface area is 148 Å². The zero-order valence-corrected chi connectivity index (χ0v) is 15.1. The molecule has 3 atom stereocenters. The topological polar surface area (TPSA) is 68.0 Å². The van der Waals surface area contributed by atoms with Gasteiger partial charge in [-0.15, -0.1) is 0 Å². The van der Waals surface area contributed by atoms with Crippen molar-refractivity contribution in [1.82, 2.24) is 15.1 Å². The molecule has 1 amide bonds. The Hall–Kier alpha value is -1.44. The maximum Gasteiger partial charge on any atom is 0.250 e. The first-order chi connectivity index (χ1) is 12.1. The minimum Gasteiger partial charge on any atom is -0.377 e. The second-order valence-corrected chi connectivity index (χ2v) is 7.41. The van der Waals surface area contributed by atoms with Gasteiger partial charge in [0.05, 0.1) is 24.3 Å². The summed E-state index contributed by atoms with van der Waals surface area (Å²) in [5.41, 5.74) is 2.06. The molecule has 0 aliphatic carbocycles. The summed E-state index contributed by atoms with van der Waals surface area (Å²) < 4.78 is 11.3. The molecule has 0 saturated carbocycles. The molecule has 3 saturated heterocycles. The summed E-state index contributed by atoms with van der Waals surface area (Å²) in [7, 11) is 0. The summed E-state index contributed by atoms with van der Waals surface area (Å²) in [6.45, 7) is 7.55. The van der Waals surface area contributed by atoms with Crippen LogP contribution < -0.4 is 0 Å². The molecule has 7 nitrogen and oxygen atoms in total. The van der Waals surface area contributed by atoms with E-state index in [4.69, 9.17) is 14.1 Å². The van der Waals surface area contributed by atoms with Crippen molar-refractivity contribution >= 4 is 5.91 Å². The Bertz CT molecular complexity index is 606. The van der Waals surface area contributed by atoms with Gasteiger partial charge >= 0.3 is 0 Å². The zero-order valence-electron chi connectivity index (χ0n) is 15.1. The van der Waals surface area contributed by atoms with E-state index in [2.05, 4.69) is 10.1 Å². The Morgan fingerprint density at radius 3 is 2.88 bits per heavy atom. The summed E-state index contributed by atoms with van der Waals surface area (Å²) >= 11 is 0. The molecule has 25 heavy (non-hydrogen) atoms. The minimum absolute atomic E-state index is 0.0714. The molecule has 3 aliphatic rings. The quantitative estimate of drug-likeness (QED) is 0.829. The fourth-order valence-corrected chi connectivity index (χ4v) is 4.32. The Morgan fingerprint density at radius 2 is 2.16 bits per heavy atom. The van der Waals surface area contributed by atoms with Crippen molar-refractivity contribution in [3.63, 3.8) is 0 Å². The van der Waals surface area contributed by atoms with Crippen molar-refractivity contribution < 1.29 is 18.9 Å². The monoisotopic (exact) mass is 349 g/mol. The molecule has 3 aliphatic heterocycles. The van der Waals surface area contributed by atoms with Gasteiger partial charge in [0.2, 0.25) is 0 Å². The second kappa shape index (κ2) is 7.05. The largest absolute Gasteiger partial charge is 0.377 e. The molecule has 1 aromatic heterocycles. The molecule has 1 aromatic rings. The van der Waals surface area contributed by atoms with Crippen molar-refractivity contribution in [1.29, 1.82) is 0 Å². The number of rotatable bonds is 3. The lowest BCUT2D eigenvalue weighted by atomic mass is 9.88. The fourth-order valence-electron chi connectivity index (χ4n) is 4.32. The van der Waals surface area contributed by atoms with Gasteiger partial charge in [0.15, 0.2) is 0 Å². The first kappa shape index (κ1) is 17.0. The predicted molar refractivity (Wildman–Crippen MR) is 89.5 cm³/mol. The van der Waals surface area contributed by atoms with Gasteiger partial charge in [-0.05, 0) is 39.5 Å². The van der Waals surface area contributed by atoms with Crippen molar-refractivity contribution in [2.45, 2.75) is 58.2 Å². The fraction of sp³-hybridized carbons (Fsp3) is 0.778. The molecule has 3 fully saturated rings. The summed E-state index contributed by atoms with van der Waals surface area (Å²) in [5.74, 6) is 0.899. The SMILES string of the molecule is Cc1noc(C)c1CN1C[C@H](C(=O)N2CCCCO2)C[C@@H]2OCC[C@@H]21. The summed E-state index contributed by atoms with van der Waals surface area (Å²) in [6.07, 6.45) is 3.99. The van der Waals surface area contributed by atoms with Gasteiger partial charge < -0.3 is 9.26 Å². The third kappa shape index (κ3) is 3.32. The number of carbonyl (C=O) groups is 1. The van der Waals surface area contributed by atoms with E-state index in [0.29, 0.717) is 19.2 Å². The van der Waals surface area contributed by atoms with Crippen LogP contribution in [0.2, 0.25) is 0 Å². The van der Waals surface area contributed by atoms with Crippen LogP contribution in [0.1, 0.15) is 42.7 Å². The van der Waals surface area contributed by atoms with Gasteiger partial charge in [-0.1, -0.05) is 5.16 Å². The normalized spacial score (nSPS) is 30.5. The van der Waals surface area contributed by atoms with Crippen LogP contribution in [0.4, 0.5) is 0 Å². The molecule has 4 rings (SSSR count). The number of nitrogens with zero attached hydrogens (tertiary/aromatic N) is 3. The van der Waals surface area contributed by atoms with Crippen LogP contribution in [-0.4, -0.2) is 59.5 Å². The first-order valence-corrected chi connectivity index (χ1v) is 9.35. The molecule has 4 heterocycles. The first-order valence-electron chi connectivity index (χ1n) is 9.35. The molecule has 0 aromatic carbocycles. The van der Waals surface area contributed by atoms with Crippen molar-refractivity contribution in [2.24, 2.45) is 5.92 Å². The molecular formula is C18H27N3O4. The van der Waals surface area contributed by atoms with E-state index < -0.39 is 0 Å². The predicted octanol–water partition coefficient (Wildman–Crippen LogP) is 1.82. The number of aryl methyl sites for hydroxylation is 2. The number of fused-ring (bicyclic) bond motifs is 1. The van der Waals surface area contributed by atoms with Gasteiger partial charge in [0, 0.05) is 37.8 Å². The Kier molecular flexibility index (Phi) is 4.80. The molecule has 138 valence electrons. The van der Waals surface area contributed by atoms with E-state index in [1.165, 1.54) is 0 Å². The van der Waals surface area contributed by atoms with Crippen LogP contribution >= 0.6 is 0 Å². The van der Waals surface area contributed by atoms with Crippen LogP contribution in [0.3, 0.4) is 0 Å². The lowest BCUT2D eigenvalue weighted by Crippen LogP contribution is -2.53. The third-order valence-corrected chi connectivity index (χ3v) is 5.76. The van der Waals surface area contributed by atoms with Crippen LogP contribution in [0.25, 0.3) is 0 Å². The third-order valence-electron chi connectivity index (χ3n) is 5.76. The minimum atomic E-state index is -0.0714. The van der Waals surface area contributed by atoms with Gasteiger partial charge in [0.1, 0.15) is 5.76 Å². The molecule has 0 radical (unpaired) electrons. The highest BCUT2D eigenvalue weighted by Crippen LogP contribution is 2.34. The standard InChI is InChI=1S/C18H27N3O4/c1-12-15(13(2)25-19-12)11-20-10-14(9-17-16(20)5-8-23-17)18(22)21-6-3-4-7-24-21/h14,16-17H,3-11H2,1-2H3/t14-,16+,17+/m1/s1. The highest BCUT2D eigenvalue weighted by atomic mass is 16.7. The number of likely N-dealkylation sites (tertiary alicyclic amines) is 1. The van der Waals surface area contributed by atoms with E-state index in [1.807, 2.05) is 13.8 Å². The lowest BCUT2D eigenvalue weighted by Gasteiger charge is -2.41. The molecule has 7 heteroatoms. The van der Waals surface area contributed by atoms with Crippen molar-refractivity contribution in [3.8, 4) is 0 Å². The number of hydroxylamine groups is 2. The van der Waals surface area contributed by atoms with Gasteiger partial charge in [-0.3, -0.25) is 14.5 Å². The number of carbonyl (C=O) groups excluding carboxylic acids is 1. The zero-order chi connectivity index (χ0) is 17.4. The van der Waals surface area contributed by atoms with Crippen LogP contribution in [0.5, 0.6) is 0 Å². The number of amides is 1. The second-order valence-electron chi connectivity index (χ2n) is 7.41. The lowest BCUT2D eigenvalue weighted by molar-refractivity contribution is -0.204. The van der Waals surface area contributed by atoms with E-state index in [9.17, 15) is 4.79 Å². The maximum absolute atomic E-state index is 12.9. The summed E-state index contributed by atoms with van der Waals surface area (Å²) in [4.78, 5) is 20.9. The number of hydrogen-bond donors (Lipinski definition) is 0. The van der Waals surface area contributed by atoms with Crippen molar-refractivity contribution in [3.05, 3.63) is 17.0 Å². The van der Waals surface area contributed by atoms with Gasteiger partial charge in [0.25, 0.3) is 5.91 Å². The smallest absolute Gasteiger partial charge is 0.250 e. The molecule has 0 N–H and O–H groups in total. The van der Waals surface area contributed by atoms with Crippen LogP contribution in [-0.2, 0) is 20.9 Å². The van der Waals surface area contributed by atoms with E-state index in [-0.39, 0.29) is 17.9 Å². The highest BCUT2D eigenvalue weighted by Gasteiger charge is 2.43. The number of ether oxygens (including phenoxy) is 1. The molecule has 0 spiro atoms. The van der Waals surface area contributed by atoms with Gasteiger partial charge in [-0.2, -0.15) is 0 Å². The van der Waals surface area contributed by atoms with Crippen LogP contribution in [0.15, 0.2) is 4.52 Å². The van der Waals surface area contributed by atoms with E-state index in [1.54, 1.807) is 5.06 Å². The Morgan fingerprint density at radius 1 is 1.28 bits per heavy atom. The number of hydrogen-bond acceptors (Lipinski definition) is 6. The molecular weight excluding hydrogens is 322 g/mol. The van der Waals surface area contributed by atoms with E-state index in [0.717, 1.165) is 62.4 Å². The average Bonchev–Trinajstić information content (AvgIpc) is 3.23. The average molecular weight is 349 g/mol. The Balaban J connectivity index is 1.50. The maximum atomic E-state index is 12.9. The summed E-state index contributed by atoms with van der Waals surface area (Å²) in [6, 6.07) is 0.375. The number of piperidine rings is 1.